The molecule has 0 N–H and O–H groups in total. The van der Waals surface area contributed by atoms with Crippen molar-refractivity contribution in [1.29, 1.82) is 0 Å². The van der Waals surface area contributed by atoms with E-state index in [1.54, 1.807) is 11.1 Å². The van der Waals surface area contributed by atoms with Crippen LogP contribution < -0.4 is 0 Å². The Balaban J connectivity index is 1.66. The molecule has 4 heteroatoms. The molecular formula is C20H25N3O. The molecule has 0 amide bonds. The number of piperidine rings is 1. The maximum atomic E-state index is 5.68. The second-order valence-corrected chi connectivity index (χ2v) is 8.01. The van der Waals surface area contributed by atoms with Crippen molar-refractivity contribution in [2.24, 2.45) is 5.92 Å². The molecule has 1 saturated heterocycles. The Hall–Kier alpha value is -1.68. The molecular weight excluding hydrogens is 298 g/mol. The maximum absolute atomic E-state index is 5.68. The van der Waals surface area contributed by atoms with Crippen molar-refractivity contribution in [3.05, 3.63) is 35.2 Å². The van der Waals surface area contributed by atoms with Crippen LogP contribution >= 0.6 is 0 Å². The predicted molar refractivity (Wildman–Crippen MR) is 92.8 cm³/mol. The van der Waals surface area contributed by atoms with Crippen molar-refractivity contribution in [3.63, 3.8) is 0 Å². The van der Waals surface area contributed by atoms with Gasteiger partial charge in [-0.1, -0.05) is 18.9 Å². The second kappa shape index (κ2) is 5.16. The Bertz CT molecular complexity index is 783. The van der Waals surface area contributed by atoms with Crippen LogP contribution in [0, 0.1) is 12.8 Å². The molecule has 2 heterocycles. The van der Waals surface area contributed by atoms with Gasteiger partial charge in [0.1, 0.15) is 0 Å². The Kier molecular flexibility index (Phi) is 3.15. The summed E-state index contributed by atoms with van der Waals surface area (Å²) in [6.07, 6.45) is 8.00. The third kappa shape index (κ3) is 1.95. The minimum absolute atomic E-state index is 0.383. The number of likely N-dealkylation sites (N-methyl/N-ethyl adjacent to an activating group) is 1. The molecule has 3 aliphatic rings. The van der Waals surface area contributed by atoms with E-state index in [1.165, 1.54) is 45.1 Å². The first kappa shape index (κ1) is 14.6. The minimum Gasteiger partial charge on any atom is -0.421 e. The summed E-state index contributed by atoms with van der Waals surface area (Å²) in [5, 5.41) is 8.24. The summed E-state index contributed by atoms with van der Waals surface area (Å²) in [4.78, 5) is 2.62. The third-order valence-electron chi connectivity index (χ3n) is 6.89. The van der Waals surface area contributed by atoms with Crippen LogP contribution in [-0.4, -0.2) is 34.7 Å². The minimum atomic E-state index is 0.383. The Labute approximate surface area is 143 Å². The van der Waals surface area contributed by atoms with Gasteiger partial charge in [-0.15, -0.1) is 10.2 Å². The molecule has 1 saturated carbocycles. The first-order valence-electron chi connectivity index (χ1n) is 9.31. The molecule has 1 aromatic carbocycles. The molecule has 2 fully saturated rings. The highest BCUT2D eigenvalue weighted by Crippen LogP contribution is 2.55. The maximum Gasteiger partial charge on any atom is 0.247 e. The number of aromatic nitrogens is 2. The van der Waals surface area contributed by atoms with Crippen molar-refractivity contribution >= 4 is 0 Å². The van der Waals surface area contributed by atoms with Crippen LogP contribution in [0.5, 0.6) is 0 Å². The van der Waals surface area contributed by atoms with E-state index in [0.29, 0.717) is 17.2 Å². The molecule has 1 aromatic heterocycles. The highest BCUT2D eigenvalue weighted by molar-refractivity contribution is 5.58. The van der Waals surface area contributed by atoms with Crippen molar-refractivity contribution in [2.75, 3.05) is 13.6 Å². The number of fused-ring (bicyclic) bond motifs is 1. The van der Waals surface area contributed by atoms with Crippen molar-refractivity contribution in [2.45, 2.75) is 56.9 Å². The highest BCUT2D eigenvalue weighted by atomic mass is 16.4. The van der Waals surface area contributed by atoms with Crippen LogP contribution in [0.4, 0.5) is 0 Å². The Morgan fingerprint density at radius 1 is 1.21 bits per heavy atom. The Morgan fingerprint density at radius 2 is 2.12 bits per heavy atom. The van der Waals surface area contributed by atoms with E-state index < -0.39 is 0 Å². The van der Waals surface area contributed by atoms with Crippen LogP contribution in [0.1, 0.15) is 49.1 Å². The van der Waals surface area contributed by atoms with Gasteiger partial charge in [-0.2, -0.15) is 0 Å². The zero-order chi connectivity index (χ0) is 16.3. The van der Waals surface area contributed by atoms with Crippen molar-refractivity contribution < 1.29 is 4.42 Å². The van der Waals surface area contributed by atoms with Gasteiger partial charge in [0, 0.05) is 23.9 Å². The van der Waals surface area contributed by atoms with E-state index in [0.717, 1.165) is 17.5 Å². The predicted octanol–water partition coefficient (Wildman–Crippen LogP) is 3.73. The average molecular weight is 323 g/mol. The molecule has 2 aromatic rings. The van der Waals surface area contributed by atoms with Gasteiger partial charge in [0.05, 0.1) is 0 Å². The molecule has 3 atom stereocenters. The van der Waals surface area contributed by atoms with Crippen LogP contribution in [-0.2, 0) is 11.8 Å². The molecule has 5 rings (SSSR count). The van der Waals surface area contributed by atoms with Crippen molar-refractivity contribution in [1.82, 2.24) is 15.1 Å². The number of rotatable bonds is 1. The summed E-state index contributed by atoms with van der Waals surface area (Å²) in [6.45, 7) is 3.08. The zero-order valence-electron chi connectivity index (χ0n) is 14.6. The van der Waals surface area contributed by atoms with Crippen LogP contribution in [0.15, 0.2) is 22.6 Å². The second-order valence-electron chi connectivity index (χ2n) is 8.01. The number of hydrogen-bond acceptors (Lipinski definition) is 4. The highest BCUT2D eigenvalue weighted by Gasteiger charge is 2.53. The third-order valence-corrected chi connectivity index (χ3v) is 6.89. The fourth-order valence-corrected chi connectivity index (χ4v) is 5.74. The van der Waals surface area contributed by atoms with Crippen LogP contribution in [0.25, 0.3) is 11.5 Å². The smallest absolute Gasteiger partial charge is 0.247 e. The van der Waals surface area contributed by atoms with E-state index >= 15 is 0 Å². The quantitative estimate of drug-likeness (QED) is 0.802. The summed E-state index contributed by atoms with van der Waals surface area (Å²) in [5.41, 5.74) is 4.61. The average Bonchev–Trinajstić information content (AvgIpc) is 3.04. The molecule has 1 aliphatic heterocycles. The fourth-order valence-electron chi connectivity index (χ4n) is 5.74. The molecule has 24 heavy (non-hydrogen) atoms. The van der Waals surface area contributed by atoms with E-state index in [1.807, 2.05) is 6.92 Å². The lowest BCUT2D eigenvalue weighted by Gasteiger charge is -2.58. The fraction of sp³-hybridized carbons (Fsp3) is 0.600. The van der Waals surface area contributed by atoms with Gasteiger partial charge in [0.25, 0.3) is 0 Å². The van der Waals surface area contributed by atoms with Crippen molar-refractivity contribution in [3.8, 4) is 11.5 Å². The number of hydrogen-bond donors (Lipinski definition) is 0. The first-order valence-corrected chi connectivity index (χ1v) is 9.31. The number of benzene rings is 1. The van der Waals surface area contributed by atoms with Gasteiger partial charge in [-0.05, 0) is 68.5 Å². The van der Waals surface area contributed by atoms with E-state index in [9.17, 15) is 0 Å². The summed E-state index contributed by atoms with van der Waals surface area (Å²) >= 11 is 0. The van der Waals surface area contributed by atoms with Gasteiger partial charge < -0.3 is 9.32 Å². The summed E-state index contributed by atoms with van der Waals surface area (Å²) in [5.74, 6) is 2.11. The Morgan fingerprint density at radius 3 is 2.96 bits per heavy atom. The number of aryl methyl sites for hydroxylation is 1. The lowest BCUT2D eigenvalue weighted by Crippen LogP contribution is -2.59. The molecule has 4 nitrogen and oxygen atoms in total. The first-order chi connectivity index (χ1) is 11.7. The SMILES string of the molecule is Cc1nnc(-c2ccc3c(c2)[C@]24CCCC[C@@H]2[C@H](C3)N(C)CC4)o1. The molecule has 2 aliphatic carbocycles. The van der Waals surface area contributed by atoms with E-state index in [4.69, 9.17) is 4.42 Å². The molecule has 0 spiro atoms. The van der Waals surface area contributed by atoms with Crippen LogP contribution in [0.2, 0.25) is 0 Å². The van der Waals surface area contributed by atoms with Gasteiger partial charge in [-0.25, -0.2) is 0 Å². The summed E-state index contributed by atoms with van der Waals surface area (Å²) < 4.78 is 5.68. The molecule has 2 bridgehead atoms. The van der Waals surface area contributed by atoms with Gasteiger partial charge in [0.2, 0.25) is 11.8 Å². The normalized spacial score (nSPS) is 32.2. The lowest BCUT2D eigenvalue weighted by atomic mass is 9.52. The van der Waals surface area contributed by atoms with Crippen LogP contribution in [0.3, 0.4) is 0 Å². The monoisotopic (exact) mass is 323 g/mol. The molecule has 0 radical (unpaired) electrons. The van der Waals surface area contributed by atoms with Gasteiger partial charge in [-0.3, -0.25) is 0 Å². The molecule has 126 valence electrons. The van der Waals surface area contributed by atoms with Gasteiger partial charge in [0.15, 0.2) is 0 Å². The number of nitrogens with zero attached hydrogens (tertiary/aromatic N) is 3. The lowest BCUT2D eigenvalue weighted by molar-refractivity contribution is 0.00289. The number of likely N-dealkylation sites (tertiary alicyclic amines) is 1. The topological polar surface area (TPSA) is 42.2 Å². The zero-order valence-corrected chi connectivity index (χ0v) is 14.6. The standard InChI is InChI=1S/C20H25N3O/c1-13-21-22-19(24-13)15-7-6-14-12-18-16-5-3-4-8-20(16,17(14)11-15)9-10-23(18)2/h6-7,11,16,18H,3-5,8-10,12H2,1-2H3/t16-,18+,20+/m1/s1. The largest absolute Gasteiger partial charge is 0.421 e. The summed E-state index contributed by atoms with van der Waals surface area (Å²) in [6, 6.07) is 7.59. The molecule has 0 unspecified atom stereocenters. The van der Waals surface area contributed by atoms with E-state index in [2.05, 4.69) is 40.3 Å². The summed E-state index contributed by atoms with van der Waals surface area (Å²) in [7, 11) is 2.32. The van der Waals surface area contributed by atoms with E-state index in [-0.39, 0.29) is 0 Å². The van der Waals surface area contributed by atoms with Gasteiger partial charge >= 0.3 is 0 Å².